The normalized spacial score (nSPS) is 10.4. The highest BCUT2D eigenvalue weighted by atomic mass is 35.5. The molecule has 0 atom stereocenters. The van der Waals surface area contributed by atoms with Crippen LogP contribution in [0.1, 0.15) is 28.5 Å². The molecule has 0 saturated heterocycles. The molecule has 23 heavy (non-hydrogen) atoms. The van der Waals surface area contributed by atoms with Crippen molar-refractivity contribution in [3.63, 3.8) is 0 Å². The fourth-order valence-electron chi connectivity index (χ4n) is 2.04. The number of aromatic hydroxyl groups is 1. The van der Waals surface area contributed by atoms with E-state index in [1.165, 1.54) is 12.1 Å². The molecule has 0 spiro atoms. The molecular weight excluding hydrogens is 316 g/mol. The van der Waals surface area contributed by atoms with Gasteiger partial charge in [0.15, 0.2) is 11.5 Å². The van der Waals surface area contributed by atoms with E-state index in [0.717, 1.165) is 11.3 Å². The summed E-state index contributed by atoms with van der Waals surface area (Å²) < 4.78 is 5.27. The zero-order valence-electron chi connectivity index (χ0n) is 13.1. The van der Waals surface area contributed by atoms with Crippen LogP contribution in [0.5, 0.6) is 11.5 Å². The second kappa shape index (κ2) is 7.83. The Bertz CT molecular complexity index is 687. The van der Waals surface area contributed by atoms with Gasteiger partial charge in [-0.2, -0.15) is 0 Å². The number of rotatable bonds is 6. The summed E-state index contributed by atoms with van der Waals surface area (Å²) in [6.45, 7) is 4.56. The van der Waals surface area contributed by atoms with Gasteiger partial charge in [-0.25, -0.2) is 0 Å². The highest BCUT2D eigenvalue weighted by molar-refractivity contribution is 6.32. The average molecular weight is 335 g/mol. The SMILES string of the molecule is CCOc1cc(C(=O)NCCc2ccc(C)nc2)cc(Cl)c1O. The number of aryl methyl sites for hydroxylation is 1. The number of phenolic OH excluding ortho intramolecular Hbond substituents is 1. The second-order valence-corrected chi connectivity index (χ2v) is 5.46. The van der Waals surface area contributed by atoms with Crippen molar-refractivity contribution in [3.8, 4) is 11.5 Å². The standard InChI is InChI=1S/C17H19ClN2O3/c1-3-23-15-9-13(8-14(18)16(15)21)17(22)19-7-6-12-5-4-11(2)20-10-12/h4-5,8-10,21H,3,6-7H2,1-2H3,(H,19,22). The van der Waals surface area contributed by atoms with Crippen molar-refractivity contribution >= 4 is 17.5 Å². The molecule has 1 aromatic carbocycles. The molecule has 5 nitrogen and oxygen atoms in total. The predicted molar refractivity (Wildman–Crippen MR) is 89.3 cm³/mol. The van der Waals surface area contributed by atoms with Gasteiger partial charge in [-0.1, -0.05) is 17.7 Å². The molecule has 2 rings (SSSR count). The third kappa shape index (κ3) is 4.60. The first-order chi connectivity index (χ1) is 11.0. The number of ether oxygens (including phenoxy) is 1. The average Bonchev–Trinajstić information content (AvgIpc) is 2.53. The van der Waals surface area contributed by atoms with Gasteiger partial charge >= 0.3 is 0 Å². The Morgan fingerprint density at radius 2 is 2.17 bits per heavy atom. The molecule has 6 heteroatoms. The highest BCUT2D eigenvalue weighted by Gasteiger charge is 2.14. The monoisotopic (exact) mass is 334 g/mol. The number of pyridine rings is 1. The van der Waals surface area contributed by atoms with Crippen LogP contribution in [0.4, 0.5) is 0 Å². The molecule has 0 bridgehead atoms. The molecule has 2 aromatic rings. The van der Waals surface area contributed by atoms with Crippen LogP contribution in [0.25, 0.3) is 0 Å². The summed E-state index contributed by atoms with van der Waals surface area (Å²) in [5.74, 6) is -0.225. The van der Waals surface area contributed by atoms with Gasteiger partial charge in [-0.05, 0) is 44.0 Å². The minimum atomic E-state index is -0.270. The molecule has 1 amide bonds. The van der Waals surface area contributed by atoms with Crippen molar-refractivity contribution in [2.45, 2.75) is 20.3 Å². The van der Waals surface area contributed by atoms with Gasteiger partial charge in [0.2, 0.25) is 0 Å². The zero-order valence-corrected chi connectivity index (χ0v) is 13.9. The van der Waals surface area contributed by atoms with Crippen molar-refractivity contribution in [2.24, 2.45) is 0 Å². The Balaban J connectivity index is 1.99. The lowest BCUT2D eigenvalue weighted by atomic mass is 10.1. The molecule has 2 N–H and O–H groups in total. The zero-order chi connectivity index (χ0) is 16.8. The van der Waals surface area contributed by atoms with Crippen LogP contribution in [0.3, 0.4) is 0 Å². The van der Waals surface area contributed by atoms with Crippen LogP contribution in [0, 0.1) is 6.92 Å². The van der Waals surface area contributed by atoms with E-state index in [1.54, 1.807) is 13.1 Å². The number of phenols is 1. The summed E-state index contributed by atoms with van der Waals surface area (Å²) in [6.07, 6.45) is 2.48. The number of nitrogens with one attached hydrogen (secondary N) is 1. The third-order valence-electron chi connectivity index (χ3n) is 3.26. The number of nitrogens with zero attached hydrogens (tertiary/aromatic N) is 1. The molecule has 0 fully saturated rings. The van der Waals surface area contributed by atoms with Gasteiger partial charge in [0.05, 0.1) is 11.6 Å². The Morgan fingerprint density at radius 3 is 2.83 bits per heavy atom. The van der Waals surface area contributed by atoms with Crippen molar-refractivity contribution in [3.05, 3.63) is 52.3 Å². The summed E-state index contributed by atoms with van der Waals surface area (Å²) in [7, 11) is 0. The molecule has 0 aliphatic carbocycles. The van der Waals surface area contributed by atoms with Crippen LogP contribution >= 0.6 is 11.6 Å². The predicted octanol–water partition coefficient (Wildman–Crippen LogP) is 3.12. The topological polar surface area (TPSA) is 71.5 Å². The maximum Gasteiger partial charge on any atom is 0.251 e. The van der Waals surface area contributed by atoms with Crippen LogP contribution in [0.15, 0.2) is 30.5 Å². The molecule has 1 heterocycles. The molecular formula is C17H19ClN2O3. The minimum absolute atomic E-state index is 0.0869. The first-order valence-electron chi connectivity index (χ1n) is 7.36. The van der Waals surface area contributed by atoms with E-state index in [1.807, 2.05) is 19.1 Å². The van der Waals surface area contributed by atoms with Gasteiger partial charge in [-0.3, -0.25) is 9.78 Å². The van der Waals surface area contributed by atoms with Crippen LogP contribution in [-0.2, 0) is 6.42 Å². The van der Waals surface area contributed by atoms with Crippen molar-refractivity contribution < 1.29 is 14.6 Å². The third-order valence-corrected chi connectivity index (χ3v) is 3.55. The van der Waals surface area contributed by atoms with E-state index in [4.69, 9.17) is 16.3 Å². The summed E-state index contributed by atoms with van der Waals surface area (Å²) in [5.41, 5.74) is 2.35. The molecule has 0 unspecified atom stereocenters. The van der Waals surface area contributed by atoms with Gasteiger partial charge in [0.1, 0.15) is 0 Å². The second-order valence-electron chi connectivity index (χ2n) is 5.05. The van der Waals surface area contributed by atoms with Crippen molar-refractivity contribution in [1.82, 2.24) is 10.3 Å². The number of hydrogen-bond donors (Lipinski definition) is 2. The molecule has 0 aliphatic heterocycles. The Kier molecular flexibility index (Phi) is 5.82. The lowest BCUT2D eigenvalue weighted by molar-refractivity contribution is 0.0953. The highest BCUT2D eigenvalue weighted by Crippen LogP contribution is 2.35. The van der Waals surface area contributed by atoms with E-state index in [-0.39, 0.29) is 22.4 Å². The maximum absolute atomic E-state index is 12.2. The van der Waals surface area contributed by atoms with E-state index in [0.29, 0.717) is 25.1 Å². The lowest BCUT2D eigenvalue weighted by Crippen LogP contribution is -2.25. The smallest absolute Gasteiger partial charge is 0.251 e. The van der Waals surface area contributed by atoms with Gasteiger partial charge in [0, 0.05) is 24.0 Å². The minimum Gasteiger partial charge on any atom is -0.503 e. The fraction of sp³-hybridized carbons (Fsp3) is 0.294. The summed E-state index contributed by atoms with van der Waals surface area (Å²) in [4.78, 5) is 16.4. The molecule has 0 radical (unpaired) electrons. The van der Waals surface area contributed by atoms with Gasteiger partial charge in [-0.15, -0.1) is 0 Å². The number of carbonyl (C=O) groups excluding carboxylic acids is 1. The Morgan fingerprint density at radius 1 is 1.39 bits per heavy atom. The Hall–Kier alpha value is -2.27. The fourth-order valence-corrected chi connectivity index (χ4v) is 2.25. The molecule has 0 saturated carbocycles. The lowest BCUT2D eigenvalue weighted by Gasteiger charge is -2.10. The summed E-state index contributed by atoms with van der Waals surface area (Å²) in [6, 6.07) is 6.82. The quantitative estimate of drug-likeness (QED) is 0.851. The van der Waals surface area contributed by atoms with E-state index < -0.39 is 0 Å². The number of hydrogen-bond acceptors (Lipinski definition) is 4. The van der Waals surface area contributed by atoms with Gasteiger partial charge in [0.25, 0.3) is 5.91 Å². The summed E-state index contributed by atoms with van der Waals surface area (Å²) >= 11 is 5.93. The van der Waals surface area contributed by atoms with E-state index in [9.17, 15) is 9.90 Å². The number of aromatic nitrogens is 1. The molecule has 122 valence electrons. The van der Waals surface area contributed by atoms with E-state index >= 15 is 0 Å². The first kappa shape index (κ1) is 17.1. The summed E-state index contributed by atoms with van der Waals surface area (Å²) in [5, 5.41) is 12.7. The van der Waals surface area contributed by atoms with Crippen LogP contribution < -0.4 is 10.1 Å². The van der Waals surface area contributed by atoms with Crippen LogP contribution in [0.2, 0.25) is 5.02 Å². The van der Waals surface area contributed by atoms with E-state index in [2.05, 4.69) is 10.3 Å². The maximum atomic E-state index is 12.2. The largest absolute Gasteiger partial charge is 0.503 e. The van der Waals surface area contributed by atoms with Crippen molar-refractivity contribution in [2.75, 3.05) is 13.2 Å². The van der Waals surface area contributed by atoms with Crippen LogP contribution in [-0.4, -0.2) is 29.1 Å². The number of amides is 1. The first-order valence-corrected chi connectivity index (χ1v) is 7.74. The number of halogens is 1. The molecule has 1 aromatic heterocycles. The van der Waals surface area contributed by atoms with Gasteiger partial charge < -0.3 is 15.2 Å². The van der Waals surface area contributed by atoms with Crippen molar-refractivity contribution in [1.29, 1.82) is 0 Å². The molecule has 0 aliphatic rings. The Labute approximate surface area is 140 Å². The number of carbonyl (C=O) groups is 1. The number of benzene rings is 1.